The van der Waals surface area contributed by atoms with Gasteiger partial charge in [0.2, 0.25) is 5.82 Å². The maximum atomic E-state index is 12.3. The van der Waals surface area contributed by atoms with Crippen molar-refractivity contribution in [1.82, 2.24) is 20.1 Å². The zero-order valence-corrected chi connectivity index (χ0v) is 11.8. The average molecular weight is 274 g/mol. The molecule has 1 heterocycles. The van der Waals surface area contributed by atoms with E-state index < -0.39 is 0 Å². The van der Waals surface area contributed by atoms with Crippen molar-refractivity contribution in [3.05, 3.63) is 41.5 Å². The van der Waals surface area contributed by atoms with Gasteiger partial charge in [-0.3, -0.25) is 9.89 Å². The molecule has 0 bridgehead atoms. The Labute approximate surface area is 117 Å². The molecule has 0 radical (unpaired) electrons. The van der Waals surface area contributed by atoms with E-state index in [-0.39, 0.29) is 23.5 Å². The van der Waals surface area contributed by atoms with Crippen LogP contribution in [-0.4, -0.2) is 38.1 Å². The zero-order valence-electron chi connectivity index (χ0n) is 11.8. The second kappa shape index (κ2) is 5.73. The molecule has 2 aromatic rings. The number of nitrogens with zero attached hydrogens (tertiary/aromatic N) is 3. The number of H-pyrrole nitrogens is 1. The van der Waals surface area contributed by atoms with Crippen LogP contribution in [0.1, 0.15) is 41.9 Å². The number of aromatic amines is 1. The van der Waals surface area contributed by atoms with Crippen LogP contribution in [-0.2, 0) is 6.42 Å². The monoisotopic (exact) mass is 274 g/mol. The minimum atomic E-state index is -0.281. The van der Waals surface area contributed by atoms with Crippen LogP contribution >= 0.6 is 0 Å². The summed E-state index contributed by atoms with van der Waals surface area (Å²) < 4.78 is 0. The number of phenolic OH excluding ortho intramolecular Hbond substituents is 1. The summed E-state index contributed by atoms with van der Waals surface area (Å²) in [4.78, 5) is 17.9. The first-order valence-corrected chi connectivity index (χ1v) is 6.51. The fourth-order valence-electron chi connectivity index (χ4n) is 1.93. The topological polar surface area (TPSA) is 82.1 Å². The maximum absolute atomic E-state index is 12.3. The van der Waals surface area contributed by atoms with Gasteiger partial charge in [-0.15, -0.1) is 5.10 Å². The fraction of sp³-hybridized carbons (Fsp3) is 0.357. The Morgan fingerprint density at radius 3 is 2.75 bits per heavy atom. The van der Waals surface area contributed by atoms with Crippen molar-refractivity contribution in [3.8, 4) is 5.75 Å². The summed E-state index contributed by atoms with van der Waals surface area (Å²) in [5.41, 5.74) is 0.689. The summed E-state index contributed by atoms with van der Waals surface area (Å²) in [6, 6.07) is 6.69. The number of hydrogen-bond donors (Lipinski definition) is 2. The van der Waals surface area contributed by atoms with Crippen LogP contribution in [0.25, 0.3) is 0 Å². The van der Waals surface area contributed by atoms with E-state index in [0.717, 1.165) is 0 Å². The van der Waals surface area contributed by atoms with E-state index in [9.17, 15) is 9.90 Å². The number of hydrogen-bond acceptors (Lipinski definition) is 4. The first-order chi connectivity index (χ1) is 9.54. The predicted octanol–water partition coefficient (Wildman–Crippen LogP) is 1.91. The van der Waals surface area contributed by atoms with E-state index in [1.165, 1.54) is 4.90 Å². The maximum Gasteiger partial charge on any atom is 0.293 e. The van der Waals surface area contributed by atoms with Crippen molar-refractivity contribution in [2.24, 2.45) is 0 Å². The standard InChI is InChI=1S/C14H18N4O2/c1-4-12-15-13(17-16-12)14(20)18(3)9(2)10-7-5-6-8-11(10)19/h5-9,19H,4H2,1-3H3,(H,15,16,17). The fourth-order valence-corrected chi connectivity index (χ4v) is 1.93. The minimum absolute atomic E-state index is 0.145. The summed E-state index contributed by atoms with van der Waals surface area (Å²) in [7, 11) is 1.67. The lowest BCUT2D eigenvalue weighted by molar-refractivity contribution is 0.0729. The molecule has 20 heavy (non-hydrogen) atoms. The van der Waals surface area contributed by atoms with Crippen molar-refractivity contribution >= 4 is 5.91 Å². The van der Waals surface area contributed by atoms with Gasteiger partial charge in [-0.25, -0.2) is 4.98 Å². The normalized spacial score (nSPS) is 12.2. The predicted molar refractivity (Wildman–Crippen MR) is 74.4 cm³/mol. The SMILES string of the molecule is CCc1nc(C(=O)N(C)C(C)c2ccccc2O)n[nH]1. The summed E-state index contributed by atoms with van der Waals surface area (Å²) >= 11 is 0. The molecular weight excluding hydrogens is 256 g/mol. The minimum Gasteiger partial charge on any atom is -0.508 e. The number of aryl methyl sites for hydroxylation is 1. The van der Waals surface area contributed by atoms with E-state index in [4.69, 9.17) is 0 Å². The molecular formula is C14H18N4O2. The molecule has 6 heteroatoms. The van der Waals surface area contributed by atoms with Crippen molar-refractivity contribution < 1.29 is 9.90 Å². The third kappa shape index (κ3) is 2.64. The van der Waals surface area contributed by atoms with Gasteiger partial charge in [0.15, 0.2) is 0 Å². The number of nitrogens with one attached hydrogen (secondary N) is 1. The lowest BCUT2D eigenvalue weighted by atomic mass is 10.1. The molecule has 0 aliphatic carbocycles. The number of carbonyl (C=O) groups is 1. The molecule has 0 spiro atoms. The molecule has 0 saturated carbocycles. The van der Waals surface area contributed by atoms with E-state index in [2.05, 4.69) is 15.2 Å². The van der Waals surface area contributed by atoms with Gasteiger partial charge in [0.25, 0.3) is 5.91 Å². The third-order valence-electron chi connectivity index (χ3n) is 3.35. The molecule has 2 N–H and O–H groups in total. The number of rotatable bonds is 4. The van der Waals surface area contributed by atoms with Crippen LogP contribution in [0.4, 0.5) is 0 Å². The van der Waals surface area contributed by atoms with Gasteiger partial charge >= 0.3 is 0 Å². The highest BCUT2D eigenvalue weighted by molar-refractivity contribution is 5.90. The first kappa shape index (κ1) is 14.0. The van der Waals surface area contributed by atoms with Crippen LogP contribution in [0.5, 0.6) is 5.75 Å². The molecule has 0 fully saturated rings. The highest BCUT2D eigenvalue weighted by Gasteiger charge is 2.23. The molecule has 106 valence electrons. The molecule has 2 rings (SSSR count). The van der Waals surface area contributed by atoms with Gasteiger partial charge in [-0.2, -0.15) is 0 Å². The lowest BCUT2D eigenvalue weighted by Crippen LogP contribution is -2.30. The second-order valence-corrected chi connectivity index (χ2v) is 4.61. The number of aromatic nitrogens is 3. The number of aromatic hydroxyl groups is 1. The Hall–Kier alpha value is -2.37. The quantitative estimate of drug-likeness (QED) is 0.892. The third-order valence-corrected chi connectivity index (χ3v) is 3.35. The Balaban J connectivity index is 2.20. The number of amides is 1. The van der Waals surface area contributed by atoms with E-state index in [1.807, 2.05) is 19.9 Å². The Morgan fingerprint density at radius 2 is 2.15 bits per heavy atom. The van der Waals surface area contributed by atoms with Gasteiger partial charge in [0.1, 0.15) is 11.6 Å². The smallest absolute Gasteiger partial charge is 0.293 e. The highest BCUT2D eigenvalue weighted by atomic mass is 16.3. The Kier molecular flexibility index (Phi) is 4.02. The van der Waals surface area contributed by atoms with Crippen LogP contribution in [0.15, 0.2) is 24.3 Å². The Bertz CT molecular complexity index is 609. The van der Waals surface area contributed by atoms with Crippen LogP contribution in [0.2, 0.25) is 0 Å². The Morgan fingerprint density at radius 1 is 1.45 bits per heavy atom. The van der Waals surface area contributed by atoms with Gasteiger partial charge < -0.3 is 10.0 Å². The summed E-state index contributed by atoms with van der Waals surface area (Å²) in [5, 5.41) is 16.5. The van der Waals surface area contributed by atoms with Gasteiger partial charge in [-0.05, 0) is 13.0 Å². The lowest BCUT2D eigenvalue weighted by Gasteiger charge is -2.24. The van der Waals surface area contributed by atoms with Crippen molar-refractivity contribution in [2.75, 3.05) is 7.05 Å². The molecule has 0 aliphatic heterocycles. The molecule has 1 aromatic heterocycles. The first-order valence-electron chi connectivity index (χ1n) is 6.51. The van der Waals surface area contributed by atoms with Crippen LogP contribution in [0.3, 0.4) is 0 Å². The molecule has 1 atom stereocenters. The van der Waals surface area contributed by atoms with Crippen molar-refractivity contribution in [1.29, 1.82) is 0 Å². The summed E-state index contributed by atoms with van der Waals surface area (Å²) in [6.45, 7) is 3.78. The van der Waals surface area contributed by atoms with Crippen LogP contribution in [0, 0.1) is 0 Å². The summed E-state index contributed by atoms with van der Waals surface area (Å²) in [6.07, 6.45) is 0.693. The molecule has 1 amide bonds. The number of benzene rings is 1. The molecule has 1 aromatic carbocycles. The van der Waals surface area contributed by atoms with Gasteiger partial charge in [0.05, 0.1) is 6.04 Å². The number of phenols is 1. The van der Waals surface area contributed by atoms with Crippen molar-refractivity contribution in [2.45, 2.75) is 26.3 Å². The second-order valence-electron chi connectivity index (χ2n) is 4.61. The van der Waals surface area contributed by atoms with Crippen LogP contribution < -0.4 is 0 Å². The van der Waals surface area contributed by atoms with E-state index in [0.29, 0.717) is 17.8 Å². The largest absolute Gasteiger partial charge is 0.508 e. The summed E-state index contributed by atoms with van der Waals surface area (Å²) in [5.74, 6) is 0.712. The molecule has 1 unspecified atom stereocenters. The average Bonchev–Trinajstić information content (AvgIpc) is 2.94. The van der Waals surface area contributed by atoms with Gasteiger partial charge in [-0.1, -0.05) is 25.1 Å². The zero-order chi connectivity index (χ0) is 14.7. The molecule has 6 nitrogen and oxygen atoms in total. The molecule has 0 saturated heterocycles. The van der Waals surface area contributed by atoms with E-state index >= 15 is 0 Å². The van der Waals surface area contributed by atoms with Crippen molar-refractivity contribution in [3.63, 3.8) is 0 Å². The highest BCUT2D eigenvalue weighted by Crippen LogP contribution is 2.27. The van der Waals surface area contributed by atoms with E-state index in [1.54, 1.807) is 25.2 Å². The number of carbonyl (C=O) groups excluding carboxylic acids is 1. The van der Waals surface area contributed by atoms with Gasteiger partial charge in [0, 0.05) is 19.0 Å². The number of para-hydroxylation sites is 1. The molecule has 0 aliphatic rings.